The molecule has 6 nitrogen and oxygen atoms in total. The number of hydrogen-bond acceptors (Lipinski definition) is 5. The van der Waals surface area contributed by atoms with Crippen molar-refractivity contribution in [3.63, 3.8) is 0 Å². The molecular weight excluding hydrogens is 280 g/mol. The standard InChI is InChI=1S/C16H20N4O2/c1-12-19-14(16(21)17-8-9-22-2)10-15(20-12)18-11-13-6-4-3-5-7-13/h3-7,10H,8-9,11H2,1-2H3,(H,17,21)(H,18,19,20). The van der Waals surface area contributed by atoms with E-state index in [0.29, 0.717) is 37.0 Å². The van der Waals surface area contributed by atoms with E-state index in [-0.39, 0.29) is 5.91 Å². The number of anilines is 1. The first-order valence-corrected chi connectivity index (χ1v) is 7.09. The molecule has 0 spiro atoms. The van der Waals surface area contributed by atoms with Gasteiger partial charge in [-0.15, -0.1) is 0 Å². The predicted octanol–water partition coefficient (Wildman–Crippen LogP) is 1.77. The van der Waals surface area contributed by atoms with Crippen molar-refractivity contribution in [2.45, 2.75) is 13.5 Å². The second-order valence-corrected chi connectivity index (χ2v) is 4.77. The van der Waals surface area contributed by atoms with Crippen molar-refractivity contribution >= 4 is 11.7 Å². The SMILES string of the molecule is COCCNC(=O)c1cc(NCc2ccccc2)nc(C)n1. The third-order valence-corrected chi connectivity index (χ3v) is 2.98. The van der Waals surface area contributed by atoms with Gasteiger partial charge in [-0.3, -0.25) is 4.79 Å². The van der Waals surface area contributed by atoms with Gasteiger partial charge in [0.25, 0.3) is 5.91 Å². The summed E-state index contributed by atoms with van der Waals surface area (Å²) in [5.41, 5.74) is 1.49. The van der Waals surface area contributed by atoms with Crippen LogP contribution >= 0.6 is 0 Å². The van der Waals surface area contributed by atoms with Gasteiger partial charge < -0.3 is 15.4 Å². The molecule has 0 atom stereocenters. The molecule has 6 heteroatoms. The lowest BCUT2D eigenvalue weighted by molar-refractivity contribution is 0.0932. The Labute approximate surface area is 129 Å². The van der Waals surface area contributed by atoms with Crippen molar-refractivity contribution in [3.8, 4) is 0 Å². The summed E-state index contributed by atoms with van der Waals surface area (Å²) in [6, 6.07) is 11.6. The number of nitrogens with one attached hydrogen (secondary N) is 2. The van der Waals surface area contributed by atoms with Gasteiger partial charge in [-0.05, 0) is 12.5 Å². The van der Waals surface area contributed by atoms with Crippen molar-refractivity contribution in [3.05, 3.63) is 53.5 Å². The Morgan fingerprint density at radius 1 is 1.23 bits per heavy atom. The largest absolute Gasteiger partial charge is 0.383 e. The fourth-order valence-corrected chi connectivity index (χ4v) is 1.92. The maximum Gasteiger partial charge on any atom is 0.270 e. The number of carbonyl (C=O) groups is 1. The summed E-state index contributed by atoms with van der Waals surface area (Å²) in [5.74, 6) is 0.952. The van der Waals surface area contributed by atoms with E-state index < -0.39 is 0 Å². The van der Waals surface area contributed by atoms with E-state index in [4.69, 9.17) is 4.74 Å². The minimum absolute atomic E-state index is 0.231. The van der Waals surface area contributed by atoms with E-state index in [1.165, 1.54) is 0 Å². The number of hydrogen-bond donors (Lipinski definition) is 2. The van der Waals surface area contributed by atoms with Gasteiger partial charge in [-0.1, -0.05) is 30.3 Å². The zero-order valence-corrected chi connectivity index (χ0v) is 12.8. The molecule has 2 N–H and O–H groups in total. The minimum Gasteiger partial charge on any atom is -0.383 e. The van der Waals surface area contributed by atoms with E-state index in [0.717, 1.165) is 5.56 Å². The fraction of sp³-hybridized carbons (Fsp3) is 0.312. The topological polar surface area (TPSA) is 76.1 Å². The van der Waals surface area contributed by atoms with E-state index in [2.05, 4.69) is 20.6 Å². The van der Waals surface area contributed by atoms with Gasteiger partial charge in [0.15, 0.2) is 0 Å². The lowest BCUT2D eigenvalue weighted by Crippen LogP contribution is -2.28. The maximum absolute atomic E-state index is 12.0. The van der Waals surface area contributed by atoms with E-state index >= 15 is 0 Å². The molecule has 0 unspecified atom stereocenters. The summed E-state index contributed by atoms with van der Waals surface area (Å²) in [7, 11) is 1.59. The number of rotatable bonds is 7. The van der Waals surface area contributed by atoms with Crippen LogP contribution in [0.2, 0.25) is 0 Å². The molecule has 0 aliphatic carbocycles. The Balaban J connectivity index is 2.01. The highest BCUT2D eigenvalue weighted by atomic mass is 16.5. The van der Waals surface area contributed by atoms with Gasteiger partial charge in [0.2, 0.25) is 0 Å². The number of ether oxygens (including phenoxy) is 1. The molecule has 0 fully saturated rings. The number of carbonyl (C=O) groups excluding carboxylic acids is 1. The molecular formula is C16H20N4O2. The van der Waals surface area contributed by atoms with Gasteiger partial charge in [-0.25, -0.2) is 9.97 Å². The van der Waals surface area contributed by atoms with Gasteiger partial charge in [0.05, 0.1) is 6.61 Å². The van der Waals surface area contributed by atoms with Crippen LogP contribution in [0.15, 0.2) is 36.4 Å². The highest BCUT2D eigenvalue weighted by Crippen LogP contribution is 2.09. The predicted molar refractivity (Wildman–Crippen MR) is 84.7 cm³/mol. The monoisotopic (exact) mass is 300 g/mol. The molecule has 1 aromatic heterocycles. The second kappa shape index (κ2) is 8.09. The minimum atomic E-state index is -0.231. The number of nitrogens with zero attached hydrogens (tertiary/aromatic N) is 2. The summed E-state index contributed by atoms with van der Waals surface area (Å²) in [6.45, 7) is 3.32. The summed E-state index contributed by atoms with van der Waals surface area (Å²) >= 11 is 0. The van der Waals surface area contributed by atoms with Crippen LogP contribution in [0.25, 0.3) is 0 Å². The molecule has 1 aromatic carbocycles. The van der Waals surface area contributed by atoms with Crippen molar-refractivity contribution < 1.29 is 9.53 Å². The molecule has 0 saturated carbocycles. The number of amides is 1. The lowest BCUT2D eigenvalue weighted by Gasteiger charge is -2.09. The van der Waals surface area contributed by atoms with Crippen LogP contribution in [-0.2, 0) is 11.3 Å². The smallest absolute Gasteiger partial charge is 0.270 e. The quantitative estimate of drug-likeness (QED) is 0.762. The molecule has 0 bridgehead atoms. The molecule has 1 amide bonds. The van der Waals surface area contributed by atoms with Crippen LogP contribution in [0.3, 0.4) is 0 Å². The van der Waals surface area contributed by atoms with Gasteiger partial charge in [-0.2, -0.15) is 0 Å². The average molecular weight is 300 g/mol. The Morgan fingerprint density at radius 3 is 2.73 bits per heavy atom. The van der Waals surface area contributed by atoms with E-state index in [9.17, 15) is 4.79 Å². The first-order chi connectivity index (χ1) is 10.7. The van der Waals surface area contributed by atoms with Crippen LogP contribution in [0.4, 0.5) is 5.82 Å². The lowest BCUT2D eigenvalue weighted by atomic mass is 10.2. The molecule has 0 aliphatic heterocycles. The molecule has 0 saturated heterocycles. The molecule has 1 heterocycles. The molecule has 0 radical (unpaired) electrons. The van der Waals surface area contributed by atoms with Crippen LogP contribution < -0.4 is 10.6 Å². The zero-order chi connectivity index (χ0) is 15.8. The Kier molecular flexibility index (Phi) is 5.85. The Hall–Kier alpha value is -2.47. The normalized spacial score (nSPS) is 10.3. The van der Waals surface area contributed by atoms with Crippen LogP contribution in [0.1, 0.15) is 21.9 Å². The van der Waals surface area contributed by atoms with Crippen LogP contribution in [0.5, 0.6) is 0 Å². The molecule has 2 aromatic rings. The molecule has 0 aliphatic rings. The third-order valence-electron chi connectivity index (χ3n) is 2.98. The van der Waals surface area contributed by atoms with Crippen LogP contribution in [0, 0.1) is 6.92 Å². The maximum atomic E-state index is 12.0. The van der Waals surface area contributed by atoms with E-state index in [1.807, 2.05) is 30.3 Å². The Morgan fingerprint density at radius 2 is 2.00 bits per heavy atom. The second-order valence-electron chi connectivity index (χ2n) is 4.77. The number of aryl methyl sites for hydroxylation is 1. The first kappa shape index (κ1) is 15.9. The third kappa shape index (κ3) is 4.82. The Bertz CT molecular complexity index is 617. The van der Waals surface area contributed by atoms with Crippen LogP contribution in [-0.4, -0.2) is 36.1 Å². The van der Waals surface area contributed by atoms with E-state index in [1.54, 1.807) is 20.1 Å². The van der Waals surface area contributed by atoms with Gasteiger partial charge in [0.1, 0.15) is 17.3 Å². The van der Waals surface area contributed by atoms with Gasteiger partial charge in [0, 0.05) is 26.3 Å². The summed E-state index contributed by atoms with van der Waals surface area (Å²) < 4.78 is 4.90. The summed E-state index contributed by atoms with van der Waals surface area (Å²) in [4.78, 5) is 20.5. The van der Waals surface area contributed by atoms with Crippen molar-refractivity contribution in [2.75, 3.05) is 25.6 Å². The molecule has 2 rings (SSSR count). The van der Waals surface area contributed by atoms with Crippen molar-refractivity contribution in [1.29, 1.82) is 0 Å². The van der Waals surface area contributed by atoms with Crippen molar-refractivity contribution in [1.82, 2.24) is 15.3 Å². The summed E-state index contributed by atoms with van der Waals surface area (Å²) in [6.07, 6.45) is 0. The first-order valence-electron chi connectivity index (χ1n) is 7.09. The zero-order valence-electron chi connectivity index (χ0n) is 12.8. The molecule has 116 valence electrons. The summed E-state index contributed by atoms with van der Waals surface area (Å²) in [5, 5.41) is 5.95. The number of methoxy groups -OCH3 is 1. The molecule has 22 heavy (non-hydrogen) atoms. The number of benzene rings is 1. The van der Waals surface area contributed by atoms with Gasteiger partial charge >= 0.3 is 0 Å². The average Bonchev–Trinajstić information content (AvgIpc) is 2.53. The number of aromatic nitrogens is 2. The highest BCUT2D eigenvalue weighted by Gasteiger charge is 2.09. The highest BCUT2D eigenvalue weighted by molar-refractivity contribution is 5.92. The van der Waals surface area contributed by atoms with Crippen molar-refractivity contribution in [2.24, 2.45) is 0 Å². The fourth-order valence-electron chi connectivity index (χ4n) is 1.92.